The summed E-state index contributed by atoms with van der Waals surface area (Å²) >= 11 is 5.46. The predicted molar refractivity (Wildman–Crippen MR) is 107 cm³/mol. The van der Waals surface area contributed by atoms with Gasteiger partial charge in [-0.2, -0.15) is 0 Å². The molecule has 0 aliphatic carbocycles. The first-order valence-electron chi connectivity index (χ1n) is 8.98. The Kier molecular flexibility index (Phi) is 10.4. The van der Waals surface area contributed by atoms with Gasteiger partial charge in [-0.05, 0) is 38.5 Å². The van der Waals surface area contributed by atoms with E-state index in [1.165, 1.54) is 18.2 Å². The van der Waals surface area contributed by atoms with Gasteiger partial charge in [-0.1, -0.05) is 6.58 Å². The molecule has 0 saturated heterocycles. The first-order chi connectivity index (χ1) is 13.9. The summed E-state index contributed by atoms with van der Waals surface area (Å²) in [5.74, 6) is -2.47. The van der Waals surface area contributed by atoms with Gasteiger partial charge < -0.3 is 20.1 Å². The maximum absolute atomic E-state index is 12.6. The Hall–Kier alpha value is -2.94. The topological polar surface area (TPSA) is 124 Å². The molecule has 1 heterocycles. The SMILES string of the molecule is C=Cc1nc(C(=O)NC(CCC(=O)OCC)C(=O)OCC)ccc1NC(=O)CCl. The van der Waals surface area contributed by atoms with Gasteiger partial charge in [0.1, 0.15) is 17.6 Å². The van der Waals surface area contributed by atoms with E-state index in [4.69, 9.17) is 21.1 Å². The van der Waals surface area contributed by atoms with Crippen molar-refractivity contribution in [2.45, 2.75) is 32.7 Å². The van der Waals surface area contributed by atoms with Gasteiger partial charge in [-0.3, -0.25) is 14.4 Å². The summed E-state index contributed by atoms with van der Waals surface area (Å²) in [6.45, 7) is 7.25. The molecule has 0 bridgehead atoms. The van der Waals surface area contributed by atoms with Crippen LogP contribution in [0, 0.1) is 0 Å². The van der Waals surface area contributed by atoms with Crippen LogP contribution in [0.2, 0.25) is 0 Å². The minimum atomic E-state index is -1.04. The van der Waals surface area contributed by atoms with Crippen LogP contribution in [-0.2, 0) is 23.9 Å². The van der Waals surface area contributed by atoms with Crippen LogP contribution in [-0.4, -0.2) is 53.9 Å². The summed E-state index contributed by atoms with van der Waals surface area (Å²) < 4.78 is 9.79. The highest BCUT2D eigenvalue weighted by molar-refractivity contribution is 6.29. The Balaban J connectivity index is 2.94. The molecule has 0 spiro atoms. The molecule has 1 unspecified atom stereocenters. The summed E-state index contributed by atoms with van der Waals surface area (Å²) in [6, 6.07) is 1.80. The van der Waals surface area contributed by atoms with Crippen molar-refractivity contribution < 1.29 is 28.7 Å². The average molecular weight is 426 g/mol. The van der Waals surface area contributed by atoms with Gasteiger partial charge in [0.05, 0.1) is 24.6 Å². The fraction of sp³-hybridized carbons (Fsp3) is 0.421. The molecule has 0 aliphatic heterocycles. The number of nitrogens with zero attached hydrogens (tertiary/aromatic N) is 1. The number of carbonyl (C=O) groups is 4. The molecule has 10 heteroatoms. The number of aromatic nitrogens is 1. The first-order valence-corrected chi connectivity index (χ1v) is 9.52. The molecule has 0 aromatic carbocycles. The molecule has 0 saturated carbocycles. The lowest BCUT2D eigenvalue weighted by Gasteiger charge is -2.17. The minimum Gasteiger partial charge on any atom is -0.466 e. The average Bonchev–Trinajstić information content (AvgIpc) is 2.71. The molecular weight excluding hydrogens is 402 g/mol. The van der Waals surface area contributed by atoms with Gasteiger partial charge >= 0.3 is 11.9 Å². The zero-order valence-electron chi connectivity index (χ0n) is 16.3. The number of hydrogen-bond donors (Lipinski definition) is 2. The van der Waals surface area contributed by atoms with Gasteiger partial charge in [0.2, 0.25) is 5.91 Å². The predicted octanol–water partition coefficient (Wildman–Crippen LogP) is 1.91. The molecule has 1 atom stereocenters. The Morgan fingerprint density at radius 1 is 1.21 bits per heavy atom. The number of pyridine rings is 1. The summed E-state index contributed by atoms with van der Waals surface area (Å²) in [4.78, 5) is 51.8. The lowest BCUT2D eigenvalue weighted by atomic mass is 10.1. The lowest BCUT2D eigenvalue weighted by molar-refractivity contribution is -0.146. The second-order valence-corrected chi connectivity index (χ2v) is 5.90. The molecule has 29 heavy (non-hydrogen) atoms. The van der Waals surface area contributed by atoms with Crippen molar-refractivity contribution in [3.8, 4) is 0 Å². The van der Waals surface area contributed by atoms with Crippen LogP contribution in [0.4, 0.5) is 5.69 Å². The number of nitrogens with one attached hydrogen (secondary N) is 2. The van der Waals surface area contributed by atoms with Crippen LogP contribution in [0.25, 0.3) is 6.08 Å². The Morgan fingerprint density at radius 3 is 2.48 bits per heavy atom. The fourth-order valence-corrected chi connectivity index (χ4v) is 2.33. The normalized spacial score (nSPS) is 11.1. The molecule has 9 nitrogen and oxygen atoms in total. The molecule has 0 fully saturated rings. The number of hydrogen-bond acceptors (Lipinski definition) is 7. The Morgan fingerprint density at radius 2 is 1.90 bits per heavy atom. The third-order valence-electron chi connectivity index (χ3n) is 3.57. The number of anilines is 1. The third-order valence-corrected chi connectivity index (χ3v) is 3.81. The van der Waals surface area contributed by atoms with E-state index in [1.807, 2.05) is 0 Å². The lowest BCUT2D eigenvalue weighted by Crippen LogP contribution is -2.42. The minimum absolute atomic E-state index is 0.00537. The third kappa shape index (κ3) is 7.90. The highest BCUT2D eigenvalue weighted by Gasteiger charge is 2.24. The van der Waals surface area contributed by atoms with Crippen LogP contribution >= 0.6 is 11.6 Å². The van der Waals surface area contributed by atoms with E-state index in [2.05, 4.69) is 22.2 Å². The number of rotatable bonds is 11. The Bertz CT molecular complexity index is 768. The smallest absolute Gasteiger partial charge is 0.328 e. The van der Waals surface area contributed by atoms with E-state index in [0.29, 0.717) is 5.69 Å². The molecule has 1 aromatic heterocycles. The molecular formula is C19H24ClN3O6. The monoisotopic (exact) mass is 425 g/mol. The highest BCUT2D eigenvalue weighted by Crippen LogP contribution is 2.16. The van der Waals surface area contributed by atoms with Crippen LogP contribution in [0.3, 0.4) is 0 Å². The van der Waals surface area contributed by atoms with E-state index < -0.39 is 29.8 Å². The number of amides is 2. The van der Waals surface area contributed by atoms with Gasteiger partial charge in [0.25, 0.3) is 5.91 Å². The Labute approximate surface area is 173 Å². The second kappa shape index (κ2) is 12.5. The summed E-state index contributed by atoms with van der Waals surface area (Å²) in [5.41, 5.74) is 0.594. The number of halogens is 1. The zero-order valence-corrected chi connectivity index (χ0v) is 17.1. The number of ether oxygens (including phenoxy) is 2. The van der Waals surface area contributed by atoms with Crippen LogP contribution in [0.15, 0.2) is 18.7 Å². The van der Waals surface area contributed by atoms with Crippen molar-refractivity contribution in [3.63, 3.8) is 0 Å². The molecule has 0 radical (unpaired) electrons. The van der Waals surface area contributed by atoms with Crippen molar-refractivity contribution in [2.24, 2.45) is 0 Å². The van der Waals surface area contributed by atoms with Crippen LogP contribution in [0.5, 0.6) is 0 Å². The highest BCUT2D eigenvalue weighted by atomic mass is 35.5. The van der Waals surface area contributed by atoms with Gasteiger partial charge in [-0.25, -0.2) is 9.78 Å². The zero-order chi connectivity index (χ0) is 21.8. The summed E-state index contributed by atoms with van der Waals surface area (Å²) in [5, 5.41) is 5.05. The van der Waals surface area contributed by atoms with Gasteiger partial charge in [0.15, 0.2) is 0 Å². The van der Waals surface area contributed by atoms with Crippen molar-refractivity contribution in [1.29, 1.82) is 0 Å². The van der Waals surface area contributed by atoms with Crippen molar-refractivity contribution >= 4 is 47.1 Å². The quantitative estimate of drug-likeness (QED) is 0.410. The first kappa shape index (κ1) is 24.1. The second-order valence-electron chi connectivity index (χ2n) is 5.64. The van der Waals surface area contributed by atoms with Gasteiger partial charge in [0, 0.05) is 6.42 Å². The maximum Gasteiger partial charge on any atom is 0.328 e. The molecule has 0 aliphatic rings. The fourth-order valence-electron chi connectivity index (χ4n) is 2.27. The number of carbonyl (C=O) groups excluding carboxylic acids is 4. The van der Waals surface area contributed by atoms with E-state index in [-0.39, 0.29) is 43.3 Å². The number of esters is 2. The largest absolute Gasteiger partial charge is 0.466 e. The van der Waals surface area contributed by atoms with E-state index >= 15 is 0 Å². The van der Waals surface area contributed by atoms with Crippen LogP contribution in [0.1, 0.15) is 42.9 Å². The maximum atomic E-state index is 12.6. The van der Waals surface area contributed by atoms with Gasteiger partial charge in [-0.15, -0.1) is 11.6 Å². The van der Waals surface area contributed by atoms with E-state index in [0.717, 1.165) is 0 Å². The summed E-state index contributed by atoms with van der Waals surface area (Å²) in [6.07, 6.45) is 1.32. The van der Waals surface area contributed by atoms with Crippen molar-refractivity contribution in [2.75, 3.05) is 24.4 Å². The molecule has 1 aromatic rings. The van der Waals surface area contributed by atoms with Crippen molar-refractivity contribution in [1.82, 2.24) is 10.3 Å². The number of alkyl halides is 1. The van der Waals surface area contributed by atoms with Crippen molar-refractivity contribution in [3.05, 3.63) is 30.1 Å². The van der Waals surface area contributed by atoms with E-state index in [9.17, 15) is 19.2 Å². The summed E-state index contributed by atoms with van der Waals surface area (Å²) in [7, 11) is 0. The molecule has 2 amide bonds. The standard InChI is InChI=1S/C19H24ClN3O6/c1-4-12-13(22-16(24)11-20)7-8-14(21-12)18(26)23-15(19(27)29-6-3)9-10-17(25)28-5-2/h4,7-8,15H,1,5-6,9-11H2,2-3H3,(H,22,24)(H,23,26). The molecule has 1 rings (SSSR count). The molecule has 158 valence electrons. The molecule has 2 N–H and O–H groups in total. The van der Waals surface area contributed by atoms with E-state index in [1.54, 1.807) is 13.8 Å². The van der Waals surface area contributed by atoms with Crippen LogP contribution < -0.4 is 10.6 Å².